The van der Waals surface area contributed by atoms with E-state index >= 15 is 0 Å². The van der Waals surface area contributed by atoms with Crippen LogP contribution in [-0.2, 0) is 24.5 Å². The van der Waals surface area contributed by atoms with E-state index in [-0.39, 0.29) is 23.3 Å². The normalized spacial score (nSPS) is 34.4. The monoisotopic (exact) mass is 338 g/mol. The van der Waals surface area contributed by atoms with Crippen LogP contribution in [0, 0.1) is 17.8 Å². The van der Waals surface area contributed by atoms with Crippen molar-refractivity contribution in [3.05, 3.63) is 0 Å². The predicted octanol–water partition coefficient (Wildman–Crippen LogP) is 0.725. The Morgan fingerprint density at radius 1 is 1.19 bits per heavy atom. The lowest BCUT2D eigenvalue weighted by Gasteiger charge is -2.34. The van der Waals surface area contributed by atoms with Crippen molar-refractivity contribution in [2.24, 2.45) is 17.8 Å². The third kappa shape index (κ3) is 3.97. The van der Waals surface area contributed by atoms with Crippen molar-refractivity contribution in [2.45, 2.75) is 37.4 Å². The zero-order valence-corrected chi connectivity index (χ0v) is 13.7. The molecule has 0 aromatic heterocycles. The van der Waals surface area contributed by atoms with Crippen LogP contribution in [0.3, 0.4) is 0 Å². The fourth-order valence-corrected chi connectivity index (χ4v) is 6.84. The number of sulfone groups is 2. The second-order valence-corrected chi connectivity index (χ2v) is 11.0. The standard InChI is InChI=1S/C13H22O6S2/c1-20(16,17)11-4-2-3-9(7-11)12(13(14)15)10-5-6-21(18,19)8-10/h9-12H,2-8H2,1H3,(H,14,15). The lowest BCUT2D eigenvalue weighted by Crippen LogP contribution is -2.37. The van der Waals surface area contributed by atoms with Crippen molar-refractivity contribution in [1.29, 1.82) is 0 Å². The molecule has 0 amide bonds. The molecule has 4 unspecified atom stereocenters. The first-order chi connectivity index (χ1) is 9.60. The number of carboxylic acid groups (broad SMARTS) is 1. The molecule has 2 fully saturated rings. The molecule has 1 aliphatic carbocycles. The highest BCUT2D eigenvalue weighted by Crippen LogP contribution is 2.40. The van der Waals surface area contributed by atoms with Gasteiger partial charge in [0.1, 0.15) is 9.84 Å². The van der Waals surface area contributed by atoms with E-state index in [1.165, 1.54) is 6.26 Å². The minimum absolute atomic E-state index is 0.0453. The molecule has 21 heavy (non-hydrogen) atoms. The van der Waals surface area contributed by atoms with E-state index in [4.69, 9.17) is 0 Å². The highest BCUT2D eigenvalue weighted by atomic mass is 32.2. The Labute approximate surface area is 125 Å². The lowest BCUT2D eigenvalue weighted by atomic mass is 9.73. The summed E-state index contributed by atoms with van der Waals surface area (Å²) in [6.45, 7) is 0. The van der Waals surface area contributed by atoms with Gasteiger partial charge in [0.2, 0.25) is 0 Å². The summed E-state index contributed by atoms with van der Waals surface area (Å²) >= 11 is 0. The van der Waals surface area contributed by atoms with Crippen molar-refractivity contribution in [1.82, 2.24) is 0 Å². The summed E-state index contributed by atoms with van der Waals surface area (Å²) in [6.07, 6.45) is 3.83. The van der Waals surface area contributed by atoms with Gasteiger partial charge in [0.15, 0.2) is 9.84 Å². The van der Waals surface area contributed by atoms with Crippen LogP contribution in [0.1, 0.15) is 32.1 Å². The molecule has 122 valence electrons. The molecule has 1 aliphatic heterocycles. The van der Waals surface area contributed by atoms with Gasteiger partial charge in [-0.1, -0.05) is 6.42 Å². The van der Waals surface area contributed by atoms with Crippen LogP contribution >= 0.6 is 0 Å². The van der Waals surface area contributed by atoms with Gasteiger partial charge in [-0.25, -0.2) is 16.8 Å². The van der Waals surface area contributed by atoms with E-state index in [2.05, 4.69) is 0 Å². The quantitative estimate of drug-likeness (QED) is 0.810. The van der Waals surface area contributed by atoms with Crippen LogP contribution in [0.4, 0.5) is 0 Å². The van der Waals surface area contributed by atoms with Crippen LogP contribution < -0.4 is 0 Å². The summed E-state index contributed by atoms with van der Waals surface area (Å²) < 4.78 is 46.6. The number of carboxylic acids is 1. The Morgan fingerprint density at radius 3 is 2.33 bits per heavy atom. The van der Waals surface area contributed by atoms with Crippen LogP contribution in [0.15, 0.2) is 0 Å². The van der Waals surface area contributed by atoms with Gasteiger partial charge in [0, 0.05) is 6.26 Å². The first-order valence-corrected chi connectivity index (χ1v) is 11.0. The zero-order chi connectivity index (χ0) is 15.8. The molecular weight excluding hydrogens is 316 g/mol. The Balaban J connectivity index is 2.17. The van der Waals surface area contributed by atoms with E-state index in [1.54, 1.807) is 0 Å². The number of carbonyl (C=O) groups is 1. The van der Waals surface area contributed by atoms with Crippen LogP contribution in [-0.4, -0.2) is 50.9 Å². The van der Waals surface area contributed by atoms with Crippen molar-refractivity contribution in [3.8, 4) is 0 Å². The number of hydrogen-bond acceptors (Lipinski definition) is 5. The number of hydrogen-bond donors (Lipinski definition) is 1. The molecular formula is C13H22O6S2. The minimum atomic E-state index is -3.18. The third-order valence-electron chi connectivity index (χ3n) is 4.84. The van der Waals surface area contributed by atoms with Gasteiger partial charge in [0.05, 0.1) is 22.7 Å². The first-order valence-electron chi connectivity index (χ1n) is 7.22. The molecule has 1 heterocycles. The average molecular weight is 338 g/mol. The number of aliphatic carboxylic acids is 1. The Bertz CT molecular complexity index is 607. The lowest BCUT2D eigenvalue weighted by molar-refractivity contribution is -0.146. The molecule has 0 aromatic carbocycles. The van der Waals surface area contributed by atoms with E-state index < -0.39 is 36.8 Å². The molecule has 4 atom stereocenters. The van der Waals surface area contributed by atoms with E-state index in [0.29, 0.717) is 32.1 Å². The van der Waals surface area contributed by atoms with Gasteiger partial charge >= 0.3 is 5.97 Å². The number of rotatable bonds is 4. The van der Waals surface area contributed by atoms with Crippen molar-refractivity contribution in [3.63, 3.8) is 0 Å². The molecule has 8 heteroatoms. The molecule has 0 spiro atoms. The molecule has 1 saturated heterocycles. The topological polar surface area (TPSA) is 106 Å². The minimum Gasteiger partial charge on any atom is -0.481 e. The largest absolute Gasteiger partial charge is 0.481 e. The molecule has 2 aliphatic rings. The molecule has 0 radical (unpaired) electrons. The van der Waals surface area contributed by atoms with Gasteiger partial charge in [-0.3, -0.25) is 4.79 Å². The van der Waals surface area contributed by atoms with Gasteiger partial charge in [-0.05, 0) is 37.5 Å². The highest BCUT2D eigenvalue weighted by Gasteiger charge is 2.43. The highest BCUT2D eigenvalue weighted by molar-refractivity contribution is 7.91. The Morgan fingerprint density at radius 2 is 1.86 bits per heavy atom. The predicted molar refractivity (Wildman–Crippen MR) is 78.5 cm³/mol. The van der Waals surface area contributed by atoms with Crippen LogP contribution in [0.25, 0.3) is 0 Å². The maximum Gasteiger partial charge on any atom is 0.307 e. The molecule has 6 nitrogen and oxygen atoms in total. The smallest absolute Gasteiger partial charge is 0.307 e. The fourth-order valence-electron chi connectivity index (χ4n) is 3.79. The molecule has 1 saturated carbocycles. The van der Waals surface area contributed by atoms with Crippen molar-refractivity contribution in [2.75, 3.05) is 17.8 Å². The maximum atomic E-state index is 11.7. The van der Waals surface area contributed by atoms with Crippen molar-refractivity contribution < 1.29 is 26.7 Å². The summed E-state index contributed by atoms with van der Waals surface area (Å²) in [5.74, 6) is -2.39. The SMILES string of the molecule is CS(=O)(=O)C1CCCC(C(C(=O)O)C2CCS(=O)(=O)C2)C1. The molecule has 2 rings (SSSR count). The van der Waals surface area contributed by atoms with Gasteiger partial charge in [-0.15, -0.1) is 0 Å². The van der Waals surface area contributed by atoms with E-state index in [1.807, 2.05) is 0 Å². The van der Waals surface area contributed by atoms with Gasteiger partial charge in [-0.2, -0.15) is 0 Å². The average Bonchev–Trinajstić information content (AvgIpc) is 2.68. The molecule has 0 bridgehead atoms. The summed E-state index contributed by atoms with van der Waals surface area (Å²) in [6, 6.07) is 0. The Kier molecular flexibility index (Phi) is 4.68. The van der Waals surface area contributed by atoms with E-state index in [0.717, 1.165) is 0 Å². The third-order valence-corrected chi connectivity index (χ3v) is 8.27. The van der Waals surface area contributed by atoms with Gasteiger partial charge < -0.3 is 5.11 Å². The maximum absolute atomic E-state index is 11.7. The summed E-state index contributed by atoms with van der Waals surface area (Å²) in [5, 5.41) is 9.01. The van der Waals surface area contributed by atoms with Crippen molar-refractivity contribution >= 4 is 25.6 Å². The van der Waals surface area contributed by atoms with Gasteiger partial charge in [0.25, 0.3) is 0 Å². The van der Waals surface area contributed by atoms with Crippen LogP contribution in [0.2, 0.25) is 0 Å². The summed E-state index contributed by atoms with van der Waals surface area (Å²) in [4.78, 5) is 11.6. The Hall–Kier alpha value is -0.630. The first kappa shape index (κ1) is 16.7. The fraction of sp³-hybridized carbons (Fsp3) is 0.923. The van der Waals surface area contributed by atoms with Crippen LogP contribution in [0.5, 0.6) is 0 Å². The molecule has 0 aromatic rings. The van der Waals surface area contributed by atoms with E-state index in [9.17, 15) is 26.7 Å². The zero-order valence-electron chi connectivity index (χ0n) is 12.1. The second-order valence-electron chi connectivity index (χ2n) is 6.41. The summed E-state index contributed by atoms with van der Waals surface area (Å²) in [7, 11) is -6.31. The molecule has 1 N–H and O–H groups in total. The second kappa shape index (κ2) is 5.87. The summed E-state index contributed by atoms with van der Waals surface area (Å²) in [5.41, 5.74) is 0.